The number of hydrogen-bond donors (Lipinski definition) is 2. The van der Waals surface area contributed by atoms with Crippen LogP contribution in [0.4, 0.5) is 0 Å². The smallest absolute Gasteiger partial charge is 0.268 e. The molecule has 0 aliphatic heterocycles. The molecule has 0 unspecified atom stereocenters. The maximum absolute atomic E-state index is 12.4. The van der Waals surface area contributed by atoms with Crippen LogP contribution in [0.1, 0.15) is 21.8 Å². The van der Waals surface area contributed by atoms with Gasteiger partial charge in [0.1, 0.15) is 10.6 Å². The third kappa shape index (κ3) is 2.68. The number of hydrazine groups is 1. The molecule has 3 rings (SSSR count). The molecule has 3 aromatic rings. The number of aromatic nitrogens is 2. The number of carbonyl (C=O) groups excluding carboxylic acids is 1. The van der Waals surface area contributed by atoms with Crippen LogP contribution in [0.2, 0.25) is 0 Å². The summed E-state index contributed by atoms with van der Waals surface area (Å²) in [5.74, 6) is -0.401. The van der Waals surface area contributed by atoms with Gasteiger partial charge in [0.15, 0.2) is 5.76 Å². The number of para-hydroxylation sites is 1. The fourth-order valence-electron chi connectivity index (χ4n) is 2.61. The van der Waals surface area contributed by atoms with Crippen LogP contribution in [-0.4, -0.2) is 24.0 Å². The molecule has 0 atom stereocenters. The topological polar surface area (TPSA) is 106 Å². The van der Waals surface area contributed by atoms with Crippen molar-refractivity contribution in [2.45, 2.75) is 18.7 Å². The highest BCUT2D eigenvalue weighted by Crippen LogP contribution is 2.21. The van der Waals surface area contributed by atoms with Gasteiger partial charge in [0.2, 0.25) is 0 Å². The van der Waals surface area contributed by atoms with E-state index in [1.54, 1.807) is 16.8 Å². The molecule has 0 spiro atoms. The zero-order chi connectivity index (χ0) is 17.5. The summed E-state index contributed by atoms with van der Waals surface area (Å²) in [6, 6.07) is 7.35. The molecule has 0 radical (unpaired) electrons. The Labute approximate surface area is 138 Å². The number of fused-ring (bicyclic) bond motifs is 1. The van der Waals surface area contributed by atoms with E-state index in [1.807, 2.05) is 25.2 Å². The van der Waals surface area contributed by atoms with E-state index in [4.69, 9.17) is 4.52 Å². The summed E-state index contributed by atoms with van der Waals surface area (Å²) < 4.78 is 31.3. The van der Waals surface area contributed by atoms with Crippen LogP contribution in [0.25, 0.3) is 10.9 Å². The minimum atomic E-state index is -3.97. The van der Waals surface area contributed by atoms with E-state index in [9.17, 15) is 13.2 Å². The lowest BCUT2D eigenvalue weighted by Crippen LogP contribution is -2.41. The van der Waals surface area contributed by atoms with Crippen molar-refractivity contribution in [2.75, 3.05) is 0 Å². The molecule has 9 heteroatoms. The Kier molecular flexibility index (Phi) is 3.90. The van der Waals surface area contributed by atoms with Gasteiger partial charge in [-0.2, -0.15) is 0 Å². The number of aryl methyl sites for hydroxylation is 3. The van der Waals surface area contributed by atoms with Crippen molar-refractivity contribution in [3.63, 3.8) is 0 Å². The Hall–Kier alpha value is -2.65. The van der Waals surface area contributed by atoms with E-state index in [1.165, 1.54) is 13.8 Å². The van der Waals surface area contributed by atoms with Crippen molar-refractivity contribution in [1.82, 2.24) is 20.0 Å². The summed E-state index contributed by atoms with van der Waals surface area (Å²) >= 11 is 0. The minimum absolute atomic E-state index is 0.0827. The molecule has 0 fully saturated rings. The average molecular weight is 348 g/mol. The highest BCUT2D eigenvalue weighted by molar-refractivity contribution is 7.89. The SMILES string of the molecule is Cc1noc(C)c1S(=O)(=O)NNC(=O)c1cn(C)c2ccccc12. The van der Waals surface area contributed by atoms with Crippen molar-refractivity contribution in [1.29, 1.82) is 0 Å². The quantitative estimate of drug-likeness (QED) is 0.693. The van der Waals surface area contributed by atoms with E-state index >= 15 is 0 Å². The second-order valence-electron chi connectivity index (χ2n) is 5.38. The summed E-state index contributed by atoms with van der Waals surface area (Å²) in [6.07, 6.45) is 1.64. The van der Waals surface area contributed by atoms with Crippen molar-refractivity contribution in [3.05, 3.63) is 47.5 Å². The second-order valence-corrected chi connectivity index (χ2v) is 7.00. The number of nitrogens with zero attached hydrogens (tertiary/aromatic N) is 2. The molecule has 0 aliphatic rings. The van der Waals surface area contributed by atoms with Gasteiger partial charge in [-0.25, -0.2) is 8.42 Å². The Morgan fingerprint density at radius 1 is 1.25 bits per heavy atom. The highest BCUT2D eigenvalue weighted by Gasteiger charge is 2.25. The predicted molar refractivity (Wildman–Crippen MR) is 86.7 cm³/mol. The molecule has 2 heterocycles. The Bertz CT molecular complexity index is 1010. The van der Waals surface area contributed by atoms with Crippen molar-refractivity contribution >= 4 is 26.8 Å². The van der Waals surface area contributed by atoms with Crippen molar-refractivity contribution in [2.24, 2.45) is 7.05 Å². The predicted octanol–water partition coefficient (Wildman–Crippen LogP) is 1.41. The molecule has 0 saturated carbocycles. The number of carbonyl (C=O) groups is 1. The first-order valence-electron chi connectivity index (χ1n) is 7.10. The fraction of sp³-hybridized carbons (Fsp3) is 0.200. The number of sulfonamides is 1. The van der Waals surface area contributed by atoms with Crippen LogP contribution in [0.15, 0.2) is 39.9 Å². The largest absolute Gasteiger partial charge is 0.360 e. The Balaban J connectivity index is 1.85. The van der Waals surface area contributed by atoms with Crippen molar-refractivity contribution in [3.8, 4) is 0 Å². The molecule has 1 aromatic carbocycles. The Morgan fingerprint density at radius 2 is 1.96 bits per heavy atom. The van der Waals surface area contributed by atoms with Crippen LogP contribution in [0, 0.1) is 13.8 Å². The fourth-order valence-corrected chi connectivity index (χ4v) is 3.78. The lowest BCUT2D eigenvalue weighted by atomic mass is 10.2. The van der Waals surface area contributed by atoms with E-state index in [-0.39, 0.29) is 16.3 Å². The van der Waals surface area contributed by atoms with E-state index in [0.717, 1.165) is 10.9 Å². The first kappa shape index (κ1) is 16.2. The molecule has 0 bridgehead atoms. The summed E-state index contributed by atoms with van der Waals surface area (Å²) in [4.78, 5) is 14.4. The number of amides is 1. The van der Waals surface area contributed by atoms with Gasteiger partial charge < -0.3 is 9.09 Å². The van der Waals surface area contributed by atoms with E-state index in [0.29, 0.717) is 5.56 Å². The van der Waals surface area contributed by atoms with Gasteiger partial charge in [0.05, 0.1) is 5.56 Å². The summed E-state index contributed by atoms with van der Waals surface area (Å²) in [7, 11) is -2.16. The van der Waals surface area contributed by atoms with E-state index in [2.05, 4.69) is 15.4 Å². The van der Waals surface area contributed by atoms with Gasteiger partial charge in [0, 0.05) is 24.1 Å². The standard InChI is InChI=1S/C15H16N4O4S/c1-9-14(10(2)23-17-9)24(21,22)18-16-15(20)12-8-19(3)13-7-5-4-6-11(12)13/h4-8,18H,1-3H3,(H,16,20). The van der Waals surface area contributed by atoms with Gasteiger partial charge in [-0.05, 0) is 19.9 Å². The Morgan fingerprint density at radius 3 is 2.62 bits per heavy atom. The number of rotatable bonds is 4. The highest BCUT2D eigenvalue weighted by atomic mass is 32.2. The molecule has 0 aliphatic carbocycles. The molecule has 0 saturated heterocycles. The summed E-state index contributed by atoms with van der Waals surface area (Å²) in [5, 5.41) is 4.33. The molecule has 8 nitrogen and oxygen atoms in total. The van der Waals surface area contributed by atoms with Gasteiger partial charge in [-0.3, -0.25) is 10.2 Å². The van der Waals surface area contributed by atoms with Crippen molar-refractivity contribution < 1.29 is 17.7 Å². The van der Waals surface area contributed by atoms with Gasteiger partial charge in [0.25, 0.3) is 15.9 Å². The average Bonchev–Trinajstić information content (AvgIpc) is 3.06. The summed E-state index contributed by atoms with van der Waals surface area (Å²) in [6.45, 7) is 3.00. The maximum Gasteiger partial charge on any atom is 0.268 e. The minimum Gasteiger partial charge on any atom is -0.360 e. The monoisotopic (exact) mass is 348 g/mol. The zero-order valence-electron chi connectivity index (χ0n) is 13.3. The first-order chi connectivity index (χ1) is 11.3. The molecular weight excluding hydrogens is 332 g/mol. The number of nitrogens with one attached hydrogen (secondary N) is 2. The molecule has 126 valence electrons. The third-order valence-corrected chi connectivity index (χ3v) is 5.17. The van der Waals surface area contributed by atoms with Crippen LogP contribution >= 0.6 is 0 Å². The number of benzene rings is 1. The third-order valence-electron chi connectivity index (χ3n) is 3.68. The van der Waals surface area contributed by atoms with Crippen LogP contribution in [-0.2, 0) is 17.1 Å². The molecule has 2 aromatic heterocycles. The molecule has 24 heavy (non-hydrogen) atoms. The normalized spacial score (nSPS) is 11.8. The maximum atomic E-state index is 12.4. The van der Waals surface area contributed by atoms with Gasteiger partial charge in [-0.15, -0.1) is 4.83 Å². The van der Waals surface area contributed by atoms with Gasteiger partial charge in [-0.1, -0.05) is 23.4 Å². The zero-order valence-corrected chi connectivity index (χ0v) is 14.1. The molecule has 2 N–H and O–H groups in total. The molecule has 1 amide bonds. The van der Waals surface area contributed by atoms with Crippen LogP contribution < -0.4 is 10.3 Å². The second kappa shape index (κ2) is 5.77. The lowest BCUT2D eigenvalue weighted by molar-refractivity contribution is 0.0946. The van der Waals surface area contributed by atoms with Crippen LogP contribution in [0.3, 0.4) is 0 Å². The first-order valence-corrected chi connectivity index (χ1v) is 8.58. The van der Waals surface area contributed by atoms with Crippen LogP contribution in [0.5, 0.6) is 0 Å². The lowest BCUT2D eigenvalue weighted by Gasteiger charge is -2.07. The van der Waals surface area contributed by atoms with Gasteiger partial charge >= 0.3 is 0 Å². The molecular formula is C15H16N4O4S. The van der Waals surface area contributed by atoms with E-state index < -0.39 is 15.9 Å². The summed E-state index contributed by atoms with van der Waals surface area (Å²) in [5.41, 5.74) is 3.69. The number of hydrogen-bond acceptors (Lipinski definition) is 5.